The van der Waals surface area contributed by atoms with E-state index < -0.39 is 5.91 Å². The van der Waals surface area contributed by atoms with E-state index in [1.165, 1.54) is 7.11 Å². The van der Waals surface area contributed by atoms with Gasteiger partial charge in [0.05, 0.1) is 30.0 Å². The SMILES string of the molecule is COc1nc2ccccc2nc1C(=O)Nc1cccnc1. The molecule has 0 aliphatic heterocycles. The zero-order valence-electron chi connectivity index (χ0n) is 11.3. The molecule has 0 saturated heterocycles. The highest BCUT2D eigenvalue weighted by Gasteiger charge is 2.17. The number of ether oxygens (including phenoxy) is 1. The first-order valence-corrected chi connectivity index (χ1v) is 6.30. The third-order valence-electron chi connectivity index (χ3n) is 2.87. The molecular formula is C15H12N4O2. The van der Waals surface area contributed by atoms with Crippen molar-refractivity contribution in [1.29, 1.82) is 0 Å². The van der Waals surface area contributed by atoms with Crippen LogP contribution in [0.15, 0.2) is 48.8 Å². The molecule has 1 aromatic carbocycles. The van der Waals surface area contributed by atoms with Crippen LogP contribution in [0.1, 0.15) is 10.5 Å². The molecule has 0 aliphatic rings. The second-order valence-corrected chi connectivity index (χ2v) is 4.27. The highest BCUT2D eigenvalue weighted by atomic mass is 16.5. The van der Waals surface area contributed by atoms with Crippen LogP contribution >= 0.6 is 0 Å². The third kappa shape index (κ3) is 2.64. The number of amides is 1. The molecule has 6 nitrogen and oxygen atoms in total. The molecule has 1 N–H and O–H groups in total. The molecule has 0 bridgehead atoms. The summed E-state index contributed by atoms with van der Waals surface area (Å²) in [6.07, 6.45) is 3.19. The van der Waals surface area contributed by atoms with Crippen molar-refractivity contribution in [2.45, 2.75) is 0 Å². The Morgan fingerprint density at radius 1 is 1.10 bits per heavy atom. The Labute approximate surface area is 120 Å². The molecule has 0 unspecified atom stereocenters. The quantitative estimate of drug-likeness (QED) is 0.796. The number of hydrogen-bond acceptors (Lipinski definition) is 5. The molecule has 3 rings (SSSR count). The van der Waals surface area contributed by atoms with Gasteiger partial charge < -0.3 is 10.1 Å². The van der Waals surface area contributed by atoms with Crippen molar-refractivity contribution in [3.8, 4) is 5.88 Å². The molecule has 0 radical (unpaired) electrons. The fraction of sp³-hybridized carbons (Fsp3) is 0.0667. The van der Waals surface area contributed by atoms with E-state index in [2.05, 4.69) is 20.3 Å². The summed E-state index contributed by atoms with van der Waals surface area (Å²) in [7, 11) is 1.46. The van der Waals surface area contributed by atoms with E-state index in [-0.39, 0.29) is 11.6 Å². The highest BCUT2D eigenvalue weighted by Crippen LogP contribution is 2.19. The number of anilines is 1. The van der Waals surface area contributed by atoms with Crippen molar-refractivity contribution < 1.29 is 9.53 Å². The molecule has 0 fully saturated rings. The minimum Gasteiger partial charge on any atom is -0.479 e. The highest BCUT2D eigenvalue weighted by molar-refractivity contribution is 6.05. The first-order valence-electron chi connectivity index (χ1n) is 6.30. The molecule has 104 valence electrons. The Kier molecular flexibility index (Phi) is 3.42. The number of para-hydroxylation sites is 2. The van der Waals surface area contributed by atoms with Crippen LogP contribution in [-0.2, 0) is 0 Å². The van der Waals surface area contributed by atoms with Gasteiger partial charge in [-0.05, 0) is 24.3 Å². The topological polar surface area (TPSA) is 77.0 Å². The molecular weight excluding hydrogens is 268 g/mol. The van der Waals surface area contributed by atoms with E-state index in [4.69, 9.17) is 4.74 Å². The summed E-state index contributed by atoms with van der Waals surface area (Å²) >= 11 is 0. The molecule has 2 heterocycles. The standard InChI is InChI=1S/C15H12N4O2/c1-21-15-13(14(20)17-10-5-4-8-16-9-10)18-11-6-2-3-7-12(11)19-15/h2-9H,1H3,(H,17,20). The largest absolute Gasteiger partial charge is 0.479 e. The van der Waals surface area contributed by atoms with Crippen molar-refractivity contribution in [2.24, 2.45) is 0 Å². The molecule has 6 heteroatoms. The van der Waals surface area contributed by atoms with Gasteiger partial charge >= 0.3 is 0 Å². The van der Waals surface area contributed by atoms with Crippen molar-refractivity contribution in [1.82, 2.24) is 15.0 Å². The van der Waals surface area contributed by atoms with Gasteiger partial charge in [-0.3, -0.25) is 9.78 Å². The lowest BCUT2D eigenvalue weighted by molar-refractivity contribution is 0.101. The summed E-state index contributed by atoms with van der Waals surface area (Å²) < 4.78 is 5.16. The second kappa shape index (κ2) is 5.54. The number of rotatable bonds is 3. The van der Waals surface area contributed by atoms with Crippen molar-refractivity contribution >= 4 is 22.6 Å². The lowest BCUT2D eigenvalue weighted by Crippen LogP contribution is -2.16. The first-order chi connectivity index (χ1) is 10.3. The Balaban J connectivity index is 2.00. The van der Waals surface area contributed by atoms with E-state index in [1.54, 1.807) is 30.6 Å². The second-order valence-electron chi connectivity index (χ2n) is 4.27. The Morgan fingerprint density at radius 2 is 1.86 bits per heavy atom. The predicted octanol–water partition coefficient (Wildman–Crippen LogP) is 2.29. The lowest BCUT2D eigenvalue weighted by atomic mass is 10.3. The molecule has 0 atom stereocenters. The maximum Gasteiger partial charge on any atom is 0.279 e. The van der Waals surface area contributed by atoms with Crippen molar-refractivity contribution in [3.63, 3.8) is 0 Å². The first kappa shape index (κ1) is 13.0. The van der Waals surface area contributed by atoms with Gasteiger partial charge in [0.15, 0.2) is 5.69 Å². The monoisotopic (exact) mass is 280 g/mol. The normalized spacial score (nSPS) is 10.3. The number of nitrogens with one attached hydrogen (secondary N) is 1. The number of carbonyl (C=O) groups excluding carboxylic acids is 1. The van der Waals surface area contributed by atoms with Gasteiger partial charge in [-0.1, -0.05) is 12.1 Å². The number of methoxy groups -OCH3 is 1. The minimum absolute atomic E-state index is 0.139. The Bertz CT molecular complexity index is 790. The summed E-state index contributed by atoms with van der Waals surface area (Å²) in [6.45, 7) is 0. The number of carbonyl (C=O) groups is 1. The van der Waals surface area contributed by atoms with Gasteiger partial charge in [0.25, 0.3) is 5.91 Å². The number of aromatic nitrogens is 3. The smallest absolute Gasteiger partial charge is 0.279 e. The number of benzene rings is 1. The molecule has 3 aromatic rings. The molecule has 21 heavy (non-hydrogen) atoms. The average Bonchev–Trinajstić information content (AvgIpc) is 2.54. The number of fused-ring (bicyclic) bond motifs is 1. The van der Waals surface area contributed by atoms with E-state index in [9.17, 15) is 4.79 Å². The van der Waals surface area contributed by atoms with E-state index >= 15 is 0 Å². The molecule has 0 saturated carbocycles. The fourth-order valence-corrected chi connectivity index (χ4v) is 1.90. The molecule has 0 spiro atoms. The maximum atomic E-state index is 12.3. The number of nitrogens with zero attached hydrogens (tertiary/aromatic N) is 3. The maximum absolute atomic E-state index is 12.3. The zero-order chi connectivity index (χ0) is 14.7. The van der Waals surface area contributed by atoms with Crippen LogP contribution in [0.3, 0.4) is 0 Å². The van der Waals surface area contributed by atoms with Crippen LogP contribution in [0.25, 0.3) is 11.0 Å². The van der Waals surface area contributed by atoms with Crippen LogP contribution in [-0.4, -0.2) is 28.0 Å². The molecule has 1 amide bonds. The van der Waals surface area contributed by atoms with E-state index in [1.807, 2.05) is 18.2 Å². The van der Waals surface area contributed by atoms with Gasteiger partial charge in [0, 0.05) is 6.20 Å². The molecule has 2 aromatic heterocycles. The van der Waals surface area contributed by atoms with Crippen LogP contribution in [0.2, 0.25) is 0 Å². The van der Waals surface area contributed by atoms with Crippen LogP contribution in [0, 0.1) is 0 Å². The van der Waals surface area contributed by atoms with Crippen LogP contribution in [0.5, 0.6) is 5.88 Å². The van der Waals surface area contributed by atoms with Crippen LogP contribution < -0.4 is 10.1 Å². The van der Waals surface area contributed by atoms with Gasteiger partial charge in [-0.15, -0.1) is 0 Å². The van der Waals surface area contributed by atoms with Crippen molar-refractivity contribution in [2.75, 3.05) is 12.4 Å². The summed E-state index contributed by atoms with van der Waals surface area (Å²) in [4.78, 5) is 24.9. The van der Waals surface area contributed by atoms with Gasteiger partial charge in [0.2, 0.25) is 5.88 Å². The summed E-state index contributed by atoms with van der Waals surface area (Å²) in [5.41, 5.74) is 2.03. The zero-order valence-corrected chi connectivity index (χ0v) is 11.3. The molecule has 0 aliphatic carbocycles. The Morgan fingerprint density at radius 3 is 2.52 bits per heavy atom. The number of hydrogen-bond donors (Lipinski definition) is 1. The predicted molar refractivity (Wildman–Crippen MR) is 78.3 cm³/mol. The van der Waals surface area contributed by atoms with Gasteiger partial charge in [0.1, 0.15) is 0 Å². The van der Waals surface area contributed by atoms with E-state index in [0.717, 1.165) is 0 Å². The Hall–Kier alpha value is -3.02. The fourth-order valence-electron chi connectivity index (χ4n) is 1.90. The summed E-state index contributed by atoms with van der Waals surface area (Å²) in [5, 5.41) is 2.71. The lowest BCUT2D eigenvalue weighted by Gasteiger charge is -2.08. The summed E-state index contributed by atoms with van der Waals surface area (Å²) in [6, 6.07) is 10.8. The van der Waals surface area contributed by atoms with E-state index in [0.29, 0.717) is 16.7 Å². The number of pyridine rings is 1. The summed E-state index contributed by atoms with van der Waals surface area (Å²) in [5.74, 6) is -0.201. The average molecular weight is 280 g/mol. The minimum atomic E-state index is -0.391. The van der Waals surface area contributed by atoms with Gasteiger partial charge in [-0.25, -0.2) is 9.97 Å². The van der Waals surface area contributed by atoms with Gasteiger partial charge in [-0.2, -0.15) is 0 Å². The third-order valence-corrected chi connectivity index (χ3v) is 2.87. The van der Waals surface area contributed by atoms with Crippen molar-refractivity contribution in [3.05, 3.63) is 54.5 Å². The van der Waals surface area contributed by atoms with Crippen LogP contribution in [0.4, 0.5) is 5.69 Å².